The number of hydrogen-bond acceptors (Lipinski definition) is 2. The Labute approximate surface area is 156 Å². The van der Waals surface area contributed by atoms with Gasteiger partial charge in [-0.1, -0.05) is 30.4 Å². The molecule has 1 aliphatic rings. The van der Waals surface area contributed by atoms with E-state index in [1.165, 1.54) is 16.7 Å². The van der Waals surface area contributed by atoms with Gasteiger partial charge in [-0.05, 0) is 49.3 Å². The SMILES string of the molecule is Cc1cccc(C)c1/C=C/C1CCN(C(=O)Cn2ccnc2)CC1.Cl. The molecule has 4 nitrogen and oxygen atoms in total. The predicted octanol–water partition coefficient (Wildman–Crippen LogP) is 3.87. The fourth-order valence-corrected chi connectivity index (χ4v) is 3.30. The Morgan fingerprint density at radius 1 is 1.24 bits per heavy atom. The third-order valence-electron chi connectivity index (χ3n) is 4.85. The highest BCUT2D eigenvalue weighted by Gasteiger charge is 2.21. The third-order valence-corrected chi connectivity index (χ3v) is 4.85. The van der Waals surface area contributed by atoms with Crippen molar-refractivity contribution in [2.75, 3.05) is 13.1 Å². The summed E-state index contributed by atoms with van der Waals surface area (Å²) in [6, 6.07) is 6.42. The molecule has 0 radical (unpaired) electrons. The van der Waals surface area contributed by atoms with Crippen LogP contribution in [0.2, 0.25) is 0 Å². The molecular formula is C20H26ClN3O. The summed E-state index contributed by atoms with van der Waals surface area (Å²) in [5, 5.41) is 0. The summed E-state index contributed by atoms with van der Waals surface area (Å²) < 4.78 is 1.83. The highest BCUT2D eigenvalue weighted by Crippen LogP contribution is 2.22. The molecule has 1 saturated heterocycles. The predicted molar refractivity (Wildman–Crippen MR) is 104 cm³/mol. The Hall–Kier alpha value is -2.07. The van der Waals surface area contributed by atoms with E-state index in [-0.39, 0.29) is 18.3 Å². The minimum atomic E-state index is 0. The standard InChI is InChI=1S/C20H25N3O.ClH/c1-16-4-3-5-17(2)19(16)7-6-18-8-11-23(12-9-18)20(24)14-22-13-10-21-15-22;/h3-7,10,13,15,18H,8-9,11-12,14H2,1-2H3;1H/b7-6+;. The maximum Gasteiger partial charge on any atom is 0.242 e. The topological polar surface area (TPSA) is 38.1 Å². The van der Waals surface area contributed by atoms with Crippen molar-refractivity contribution in [2.24, 2.45) is 5.92 Å². The van der Waals surface area contributed by atoms with Crippen LogP contribution in [0.5, 0.6) is 0 Å². The number of benzene rings is 1. The van der Waals surface area contributed by atoms with Crippen LogP contribution < -0.4 is 0 Å². The van der Waals surface area contributed by atoms with Crippen molar-refractivity contribution in [3.63, 3.8) is 0 Å². The normalized spacial score (nSPS) is 15.4. The van der Waals surface area contributed by atoms with Crippen molar-refractivity contribution < 1.29 is 4.79 Å². The van der Waals surface area contributed by atoms with Crippen molar-refractivity contribution in [3.05, 3.63) is 59.7 Å². The quantitative estimate of drug-likeness (QED) is 0.831. The molecule has 25 heavy (non-hydrogen) atoms. The molecular weight excluding hydrogens is 334 g/mol. The number of carbonyl (C=O) groups is 1. The molecule has 1 aliphatic heterocycles. The summed E-state index contributed by atoms with van der Waals surface area (Å²) in [4.78, 5) is 18.3. The van der Waals surface area contributed by atoms with E-state index in [4.69, 9.17) is 0 Å². The number of nitrogens with zero attached hydrogens (tertiary/aromatic N) is 3. The fraction of sp³-hybridized carbons (Fsp3) is 0.400. The molecule has 0 saturated carbocycles. The summed E-state index contributed by atoms with van der Waals surface area (Å²) in [5.74, 6) is 0.742. The Kier molecular flexibility index (Phi) is 6.82. The number of amides is 1. The van der Waals surface area contributed by atoms with E-state index in [1.807, 2.05) is 15.7 Å². The van der Waals surface area contributed by atoms with Gasteiger partial charge >= 0.3 is 0 Å². The molecule has 0 aliphatic carbocycles. The second-order valence-electron chi connectivity index (χ2n) is 6.62. The number of rotatable bonds is 4. The summed E-state index contributed by atoms with van der Waals surface area (Å²) in [6.45, 7) is 6.39. The number of aryl methyl sites for hydroxylation is 2. The number of allylic oxidation sites excluding steroid dienone is 1. The van der Waals surface area contributed by atoms with Gasteiger partial charge in [0.05, 0.1) is 6.33 Å². The number of hydrogen-bond donors (Lipinski definition) is 0. The lowest BCUT2D eigenvalue weighted by Gasteiger charge is -2.31. The van der Waals surface area contributed by atoms with Crippen LogP contribution in [0.25, 0.3) is 6.08 Å². The van der Waals surface area contributed by atoms with Crippen LogP contribution >= 0.6 is 12.4 Å². The molecule has 0 atom stereocenters. The zero-order valence-corrected chi connectivity index (χ0v) is 15.7. The lowest BCUT2D eigenvalue weighted by molar-refractivity contribution is -0.133. The third kappa shape index (κ3) is 4.95. The van der Waals surface area contributed by atoms with Crippen LogP contribution in [0.1, 0.15) is 29.5 Å². The van der Waals surface area contributed by atoms with Crippen molar-refractivity contribution >= 4 is 24.4 Å². The molecule has 0 unspecified atom stereocenters. The van der Waals surface area contributed by atoms with Crippen molar-refractivity contribution in [3.8, 4) is 0 Å². The van der Waals surface area contributed by atoms with Gasteiger partial charge in [0.25, 0.3) is 0 Å². The first-order valence-electron chi connectivity index (χ1n) is 8.61. The van der Waals surface area contributed by atoms with Gasteiger partial charge in [-0.2, -0.15) is 0 Å². The molecule has 0 spiro atoms. The molecule has 1 fully saturated rings. The van der Waals surface area contributed by atoms with E-state index in [0.717, 1.165) is 25.9 Å². The molecule has 0 bridgehead atoms. The average molecular weight is 360 g/mol. The van der Waals surface area contributed by atoms with E-state index < -0.39 is 0 Å². The summed E-state index contributed by atoms with van der Waals surface area (Å²) in [6.07, 6.45) is 11.9. The zero-order chi connectivity index (χ0) is 16.9. The van der Waals surface area contributed by atoms with E-state index in [1.54, 1.807) is 12.5 Å². The van der Waals surface area contributed by atoms with Gasteiger partial charge in [0.15, 0.2) is 0 Å². The van der Waals surface area contributed by atoms with Gasteiger partial charge in [0.1, 0.15) is 6.54 Å². The van der Waals surface area contributed by atoms with E-state index in [2.05, 4.69) is 49.2 Å². The maximum atomic E-state index is 12.3. The molecule has 3 rings (SSSR count). The van der Waals surface area contributed by atoms with Crippen LogP contribution in [0.15, 0.2) is 43.0 Å². The van der Waals surface area contributed by atoms with E-state index >= 15 is 0 Å². The van der Waals surface area contributed by atoms with Gasteiger partial charge in [0, 0.05) is 25.5 Å². The first-order valence-corrected chi connectivity index (χ1v) is 8.61. The largest absolute Gasteiger partial charge is 0.341 e. The monoisotopic (exact) mass is 359 g/mol. The molecule has 1 amide bonds. The first kappa shape index (κ1) is 19.3. The highest BCUT2D eigenvalue weighted by atomic mass is 35.5. The fourth-order valence-electron chi connectivity index (χ4n) is 3.30. The lowest BCUT2D eigenvalue weighted by Crippen LogP contribution is -2.39. The van der Waals surface area contributed by atoms with Crippen molar-refractivity contribution in [2.45, 2.75) is 33.2 Å². The molecule has 5 heteroatoms. The van der Waals surface area contributed by atoms with E-state index in [9.17, 15) is 4.79 Å². The molecule has 2 heterocycles. The van der Waals surface area contributed by atoms with Crippen LogP contribution in [-0.2, 0) is 11.3 Å². The van der Waals surface area contributed by atoms with Gasteiger partial charge in [0.2, 0.25) is 5.91 Å². The summed E-state index contributed by atoms with van der Waals surface area (Å²) in [5.41, 5.74) is 3.97. The lowest BCUT2D eigenvalue weighted by atomic mass is 9.94. The van der Waals surface area contributed by atoms with Crippen molar-refractivity contribution in [1.29, 1.82) is 0 Å². The number of aromatic nitrogens is 2. The van der Waals surface area contributed by atoms with Crippen LogP contribution in [0.3, 0.4) is 0 Å². The van der Waals surface area contributed by atoms with E-state index in [0.29, 0.717) is 12.5 Å². The summed E-state index contributed by atoms with van der Waals surface area (Å²) in [7, 11) is 0. The molecule has 2 aromatic rings. The summed E-state index contributed by atoms with van der Waals surface area (Å²) >= 11 is 0. The van der Waals surface area contributed by atoms with Crippen molar-refractivity contribution in [1.82, 2.24) is 14.5 Å². The zero-order valence-electron chi connectivity index (χ0n) is 14.9. The first-order chi connectivity index (χ1) is 11.6. The molecule has 0 N–H and O–H groups in total. The number of halogens is 1. The smallest absolute Gasteiger partial charge is 0.242 e. The molecule has 1 aromatic heterocycles. The Bertz CT molecular complexity index is 696. The second-order valence-corrected chi connectivity index (χ2v) is 6.62. The van der Waals surface area contributed by atoms with Crippen LogP contribution in [0, 0.1) is 19.8 Å². The van der Waals surface area contributed by atoms with Gasteiger partial charge in [-0.25, -0.2) is 4.98 Å². The second kappa shape index (κ2) is 8.86. The number of imidazole rings is 1. The minimum Gasteiger partial charge on any atom is -0.341 e. The number of piperidine rings is 1. The highest BCUT2D eigenvalue weighted by molar-refractivity contribution is 5.85. The van der Waals surface area contributed by atoms with Gasteiger partial charge < -0.3 is 9.47 Å². The Morgan fingerprint density at radius 3 is 2.52 bits per heavy atom. The number of carbonyl (C=O) groups excluding carboxylic acids is 1. The Morgan fingerprint density at radius 2 is 1.92 bits per heavy atom. The van der Waals surface area contributed by atoms with Crippen LogP contribution in [-0.4, -0.2) is 33.4 Å². The molecule has 1 aromatic carbocycles. The van der Waals surface area contributed by atoms with Gasteiger partial charge in [-0.3, -0.25) is 4.79 Å². The van der Waals surface area contributed by atoms with Gasteiger partial charge in [-0.15, -0.1) is 12.4 Å². The maximum absolute atomic E-state index is 12.3. The minimum absolute atomic E-state index is 0. The van der Waals surface area contributed by atoms with Crippen LogP contribution in [0.4, 0.5) is 0 Å². The molecule has 134 valence electrons. The average Bonchev–Trinajstić information content (AvgIpc) is 3.08. The number of likely N-dealkylation sites (tertiary alicyclic amines) is 1. The Balaban J connectivity index is 0.00000225.